The molecule has 0 radical (unpaired) electrons. The average Bonchev–Trinajstić information content (AvgIpc) is 2.13. The Morgan fingerprint density at radius 3 is 2.79 bits per heavy atom. The van der Waals surface area contributed by atoms with Crippen molar-refractivity contribution in [1.82, 2.24) is 0 Å². The van der Waals surface area contributed by atoms with Crippen LogP contribution in [0.1, 0.15) is 12.5 Å². The summed E-state index contributed by atoms with van der Waals surface area (Å²) in [7, 11) is 0. The maximum atomic E-state index is 9.62. The molecule has 0 aliphatic carbocycles. The quantitative estimate of drug-likeness (QED) is 0.496. The minimum absolute atomic E-state index is 0.123. The molecule has 5 heteroatoms. The van der Waals surface area contributed by atoms with Gasteiger partial charge in [-0.1, -0.05) is 16.8 Å². The predicted octanol–water partition coefficient (Wildman–Crippen LogP) is 3.20. The van der Waals surface area contributed by atoms with E-state index < -0.39 is 0 Å². The van der Waals surface area contributed by atoms with Crippen molar-refractivity contribution in [2.24, 2.45) is 5.16 Å². The molecule has 1 rings (SSSR count). The third-order valence-corrected chi connectivity index (χ3v) is 2.55. The zero-order chi connectivity index (χ0) is 10.7. The predicted molar refractivity (Wildman–Crippen MR) is 59.4 cm³/mol. The largest absolute Gasteiger partial charge is 0.506 e. The second-order valence-corrected chi connectivity index (χ2v) is 4.20. The van der Waals surface area contributed by atoms with Gasteiger partial charge in [0.2, 0.25) is 0 Å². The summed E-state index contributed by atoms with van der Waals surface area (Å²) < 4.78 is 0.533. The molecule has 0 saturated heterocycles. The van der Waals surface area contributed by atoms with Crippen LogP contribution in [-0.4, -0.2) is 16.0 Å². The van der Waals surface area contributed by atoms with Gasteiger partial charge >= 0.3 is 0 Å². The van der Waals surface area contributed by atoms with Gasteiger partial charge in [-0.2, -0.15) is 0 Å². The molecule has 0 atom stereocenters. The number of rotatable bonds is 2. The standard InChI is InChI=1S/C9H9BrClNO2/c1-5(12-14)2-6-3-7(11)4-8(10)9(6)13/h3-4,13-14H,2H2,1H3. The molecule has 76 valence electrons. The number of benzene rings is 1. The molecule has 0 aliphatic rings. The van der Waals surface area contributed by atoms with Crippen LogP contribution in [-0.2, 0) is 6.42 Å². The molecule has 0 amide bonds. The molecule has 0 spiro atoms. The number of phenols is 1. The number of phenolic OH excluding ortho intramolecular Hbond substituents is 1. The van der Waals surface area contributed by atoms with Crippen LogP contribution in [0.5, 0.6) is 5.75 Å². The van der Waals surface area contributed by atoms with Crippen molar-refractivity contribution in [1.29, 1.82) is 0 Å². The summed E-state index contributed by atoms with van der Waals surface area (Å²) in [5.74, 6) is 0.123. The van der Waals surface area contributed by atoms with Crippen LogP contribution >= 0.6 is 27.5 Å². The number of oxime groups is 1. The van der Waals surface area contributed by atoms with E-state index in [-0.39, 0.29) is 5.75 Å². The van der Waals surface area contributed by atoms with Gasteiger partial charge in [-0.3, -0.25) is 0 Å². The van der Waals surface area contributed by atoms with Gasteiger partial charge in [0.1, 0.15) is 5.75 Å². The Bertz CT molecular complexity index is 379. The van der Waals surface area contributed by atoms with Crippen LogP contribution in [0.3, 0.4) is 0 Å². The smallest absolute Gasteiger partial charge is 0.133 e. The van der Waals surface area contributed by atoms with E-state index in [1.807, 2.05) is 0 Å². The Morgan fingerprint density at radius 2 is 2.21 bits per heavy atom. The Balaban J connectivity index is 3.08. The van der Waals surface area contributed by atoms with Crippen molar-refractivity contribution < 1.29 is 10.3 Å². The van der Waals surface area contributed by atoms with Gasteiger partial charge in [-0.15, -0.1) is 0 Å². The van der Waals surface area contributed by atoms with Gasteiger partial charge in [-0.05, 0) is 35.0 Å². The fraction of sp³-hybridized carbons (Fsp3) is 0.222. The topological polar surface area (TPSA) is 52.8 Å². The molecule has 14 heavy (non-hydrogen) atoms. The highest BCUT2D eigenvalue weighted by molar-refractivity contribution is 9.10. The van der Waals surface area contributed by atoms with E-state index in [9.17, 15) is 5.11 Å². The van der Waals surface area contributed by atoms with Crippen molar-refractivity contribution in [2.45, 2.75) is 13.3 Å². The van der Waals surface area contributed by atoms with E-state index in [0.29, 0.717) is 27.2 Å². The Morgan fingerprint density at radius 1 is 1.57 bits per heavy atom. The maximum Gasteiger partial charge on any atom is 0.133 e. The molecule has 3 nitrogen and oxygen atoms in total. The van der Waals surface area contributed by atoms with Crippen molar-refractivity contribution in [3.63, 3.8) is 0 Å². The molecule has 0 bridgehead atoms. The summed E-state index contributed by atoms with van der Waals surface area (Å²) in [4.78, 5) is 0. The zero-order valence-corrected chi connectivity index (χ0v) is 9.80. The van der Waals surface area contributed by atoms with Gasteiger partial charge in [0, 0.05) is 17.0 Å². The van der Waals surface area contributed by atoms with Gasteiger partial charge < -0.3 is 10.3 Å². The van der Waals surface area contributed by atoms with Gasteiger partial charge in [-0.25, -0.2) is 0 Å². The number of aromatic hydroxyl groups is 1. The molecule has 0 aromatic heterocycles. The van der Waals surface area contributed by atoms with Crippen molar-refractivity contribution in [2.75, 3.05) is 0 Å². The summed E-state index contributed by atoms with van der Waals surface area (Å²) in [6.07, 6.45) is 0.363. The lowest BCUT2D eigenvalue weighted by atomic mass is 10.1. The van der Waals surface area contributed by atoms with Crippen molar-refractivity contribution >= 4 is 33.2 Å². The van der Waals surface area contributed by atoms with Crippen LogP contribution in [0, 0.1) is 0 Å². The van der Waals surface area contributed by atoms with Gasteiger partial charge in [0.05, 0.1) is 10.2 Å². The molecule has 0 aliphatic heterocycles. The summed E-state index contributed by atoms with van der Waals surface area (Å²) in [6, 6.07) is 3.24. The van der Waals surface area contributed by atoms with Crippen molar-refractivity contribution in [3.05, 3.63) is 27.2 Å². The van der Waals surface area contributed by atoms with E-state index in [4.69, 9.17) is 16.8 Å². The minimum atomic E-state index is 0.123. The van der Waals surface area contributed by atoms with Gasteiger partial charge in [0.15, 0.2) is 0 Å². The lowest BCUT2D eigenvalue weighted by Crippen LogP contribution is -1.98. The van der Waals surface area contributed by atoms with E-state index >= 15 is 0 Å². The van der Waals surface area contributed by atoms with Crippen molar-refractivity contribution in [3.8, 4) is 5.75 Å². The Labute approximate surface area is 95.1 Å². The third kappa shape index (κ3) is 2.62. The molecule has 0 saturated carbocycles. The van der Waals surface area contributed by atoms with E-state index in [1.165, 1.54) is 0 Å². The fourth-order valence-electron chi connectivity index (χ4n) is 1.07. The van der Waals surface area contributed by atoms with E-state index in [2.05, 4.69) is 21.1 Å². The highest BCUT2D eigenvalue weighted by Crippen LogP contribution is 2.31. The molecule has 0 fully saturated rings. The summed E-state index contributed by atoms with van der Waals surface area (Å²) in [6.45, 7) is 1.66. The first-order valence-corrected chi connectivity index (χ1v) is 5.06. The van der Waals surface area contributed by atoms with Gasteiger partial charge in [0.25, 0.3) is 0 Å². The SMILES string of the molecule is CC(Cc1cc(Cl)cc(Br)c1O)=NO. The summed E-state index contributed by atoms with van der Waals surface area (Å²) in [5.41, 5.74) is 1.13. The van der Waals surface area contributed by atoms with Crippen LogP contribution in [0.4, 0.5) is 0 Å². The monoisotopic (exact) mass is 277 g/mol. The molecule has 1 aromatic rings. The van der Waals surface area contributed by atoms with Crippen LogP contribution in [0.2, 0.25) is 5.02 Å². The molecular weight excluding hydrogens is 269 g/mol. The number of hydrogen-bond donors (Lipinski definition) is 2. The molecular formula is C9H9BrClNO2. The van der Waals surface area contributed by atoms with E-state index in [0.717, 1.165) is 0 Å². The number of hydrogen-bond acceptors (Lipinski definition) is 3. The zero-order valence-electron chi connectivity index (χ0n) is 7.46. The maximum absolute atomic E-state index is 9.62. The van der Waals surface area contributed by atoms with Crippen LogP contribution in [0.25, 0.3) is 0 Å². The fourth-order valence-corrected chi connectivity index (χ4v) is 1.94. The second kappa shape index (κ2) is 4.66. The minimum Gasteiger partial charge on any atom is -0.506 e. The summed E-state index contributed by atoms with van der Waals surface area (Å²) in [5, 5.41) is 21.7. The molecule has 0 heterocycles. The lowest BCUT2D eigenvalue weighted by Gasteiger charge is -2.06. The first kappa shape index (κ1) is 11.3. The molecule has 0 unspecified atom stereocenters. The normalized spacial score (nSPS) is 11.8. The Hall–Kier alpha value is -0.740. The third-order valence-electron chi connectivity index (χ3n) is 1.72. The number of halogens is 2. The molecule has 1 aromatic carbocycles. The summed E-state index contributed by atoms with van der Waals surface area (Å²) >= 11 is 8.98. The highest BCUT2D eigenvalue weighted by atomic mass is 79.9. The highest BCUT2D eigenvalue weighted by Gasteiger charge is 2.08. The van der Waals surface area contributed by atoms with E-state index in [1.54, 1.807) is 19.1 Å². The molecule has 2 N–H and O–H groups in total. The lowest BCUT2D eigenvalue weighted by molar-refractivity contribution is 0.317. The Kier molecular flexibility index (Phi) is 3.77. The van der Waals surface area contributed by atoms with Crippen LogP contribution in [0.15, 0.2) is 21.8 Å². The van der Waals surface area contributed by atoms with Crippen LogP contribution < -0.4 is 0 Å². The average molecular weight is 279 g/mol. The second-order valence-electron chi connectivity index (χ2n) is 2.91. The number of nitrogens with zero attached hydrogens (tertiary/aromatic N) is 1. The first-order chi connectivity index (χ1) is 6.54. The first-order valence-electron chi connectivity index (χ1n) is 3.89.